The molecule has 3 aliphatic rings. The lowest BCUT2D eigenvalue weighted by Crippen LogP contribution is -2.46. The molecule has 3 aliphatic heterocycles. The highest BCUT2D eigenvalue weighted by atomic mass is 32.2. The second-order valence-electron chi connectivity index (χ2n) is 14.7. The number of hydrogen-bond donors (Lipinski definition) is 2. The van der Waals surface area contributed by atoms with Crippen molar-refractivity contribution in [1.29, 1.82) is 0 Å². The molecule has 1 saturated heterocycles. The van der Waals surface area contributed by atoms with Crippen LogP contribution in [0.2, 0.25) is 0 Å². The van der Waals surface area contributed by atoms with Crippen molar-refractivity contribution in [3.63, 3.8) is 0 Å². The van der Waals surface area contributed by atoms with E-state index in [1.807, 2.05) is 6.07 Å². The lowest BCUT2D eigenvalue weighted by Gasteiger charge is -2.37. The molecule has 8 rings (SSSR count). The van der Waals surface area contributed by atoms with E-state index >= 15 is 0 Å². The summed E-state index contributed by atoms with van der Waals surface area (Å²) < 4.78 is 99.4. The Kier molecular flexibility index (Phi) is 12.4. The van der Waals surface area contributed by atoms with Crippen LogP contribution in [-0.4, -0.2) is 86.0 Å². The number of fused-ring (bicyclic) bond motifs is 2. The molecule has 2 unspecified atom stereocenters. The van der Waals surface area contributed by atoms with Crippen molar-refractivity contribution in [2.75, 3.05) is 26.4 Å². The molecular formula is C43H40F3N5O10S. The fourth-order valence-corrected chi connectivity index (χ4v) is 8.21. The lowest BCUT2D eigenvalue weighted by molar-refractivity contribution is -0.139. The van der Waals surface area contributed by atoms with Gasteiger partial charge in [-0.1, -0.05) is 18.2 Å². The number of carbonyl (C=O) groups is 2. The highest BCUT2D eigenvalue weighted by Crippen LogP contribution is 2.43. The van der Waals surface area contributed by atoms with Crippen LogP contribution in [0.4, 0.5) is 13.2 Å². The number of rotatable bonds is 13. The molecule has 19 heteroatoms. The van der Waals surface area contributed by atoms with E-state index in [0.29, 0.717) is 59.3 Å². The molecule has 3 aromatic heterocycles. The smallest absolute Gasteiger partial charge is 0.392 e. The zero-order chi connectivity index (χ0) is 43.3. The van der Waals surface area contributed by atoms with Crippen molar-refractivity contribution in [3.05, 3.63) is 125 Å². The highest BCUT2D eigenvalue weighted by molar-refractivity contribution is 7.87. The van der Waals surface area contributed by atoms with E-state index in [0.717, 1.165) is 19.0 Å². The quantitative estimate of drug-likeness (QED) is 0.137. The molecule has 0 spiro atoms. The molecule has 5 aromatic rings. The number of alkyl halides is 3. The maximum atomic E-state index is 13.9. The van der Waals surface area contributed by atoms with Gasteiger partial charge in [0.05, 0.1) is 49.5 Å². The second-order valence-corrected chi connectivity index (χ2v) is 16.3. The Morgan fingerprint density at radius 1 is 0.806 bits per heavy atom. The monoisotopic (exact) mass is 875 g/mol. The van der Waals surface area contributed by atoms with E-state index in [1.165, 1.54) is 48.9 Å². The van der Waals surface area contributed by atoms with Crippen molar-refractivity contribution in [2.24, 2.45) is 0 Å². The van der Waals surface area contributed by atoms with Crippen molar-refractivity contribution < 1.29 is 59.0 Å². The molecule has 62 heavy (non-hydrogen) atoms. The largest absolute Gasteiger partial charge is 0.491 e. The standard InChI is InChI=1S/C43H40F3N5O10S/c44-43(45,46)15-19-57-38-11-9-27(22-48-38)42(53)51-34-21-33-36(7-2-8-37(33)61-62(54,55)30-4-3-16-47-24-30)60-40(34)31-5-1-6-35-32(31)20-28(25-58-35)50-41(52)26-10-12-39(49-23-26)59-29-13-17-56-18-14-29/h1-12,16,22-24,28-29,34,40H,13-15,17-21,25H2,(H,50,52)(H,51,53)/t28?,34-,40?/m0/s1. The summed E-state index contributed by atoms with van der Waals surface area (Å²) in [6.45, 7) is 0.767. The van der Waals surface area contributed by atoms with Crippen LogP contribution >= 0.6 is 0 Å². The third-order valence-corrected chi connectivity index (χ3v) is 11.6. The molecule has 0 saturated carbocycles. The zero-order valence-corrected chi connectivity index (χ0v) is 33.7. The van der Waals surface area contributed by atoms with Crippen LogP contribution < -0.4 is 33.8 Å². The molecule has 0 bridgehead atoms. The molecule has 2 aromatic carbocycles. The van der Waals surface area contributed by atoms with Gasteiger partial charge >= 0.3 is 16.3 Å². The van der Waals surface area contributed by atoms with E-state index in [-0.39, 0.29) is 47.1 Å². The molecule has 324 valence electrons. The van der Waals surface area contributed by atoms with Gasteiger partial charge < -0.3 is 38.5 Å². The number of nitrogens with zero attached hydrogens (tertiary/aromatic N) is 3. The van der Waals surface area contributed by atoms with Crippen LogP contribution in [0.15, 0.2) is 102 Å². The summed E-state index contributed by atoms with van der Waals surface area (Å²) in [4.78, 5) is 39.4. The van der Waals surface area contributed by atoms with Crippen molar-refractivity contribution in [3.8, 4) is 29.0 Å². The van der Waals surface area contributed by atoms with Crippen molar-refractivity contribution >= 4 is 21.9 Å². The summed E-state index contributed by atoms with van der Waals surface area (Å²) in [5.41, 5.74) is 2.10. The number of carbonyl (C=O) groups excluding carboxylic acids is 2. The van der Waals surface area contributed by atoms with E-state index in [9.17, 15) is 31.2 Å². The number of ether oxygens (including phenoxy) is 5. The van der Waals surface area contributed by atoms with Gasteiger partial charge in [-0.25, -0.2) is 9.97 Å². The number of aromatic nitrogens is 3. The Morgan fingerprint density at radius 2 is 1.53 bits per heavy atom. The van der Waals surface area contributed by atoms with Gasteiger partial charge in [0.15, 0.2) is 0 Å². The fraction of sp³-hybridized carbons (Fsp3) is 0.326. The Morgan fingerprint density at radius 3 is 2.24 bits per heavy atom. The number of nitrogens with one attached hydrogen (secondary N) is 2. The summed E-state index contributed by atoms with van der Waals surface area (Å²) >= 11 is 0. The number of halogens is 3. The number of hydrogen-bond acceptors (Lipinski definition) is 13. The summed E-state index contributed by atoms with van der Waals surface area (Å²) in [5.74, 6) is 0.180. The summed E-state index contributed by atoms with van der Waals surface area (Å²) in [7, 11) is -4.33. The summed E-state index contributed by atoms with van der Waals surface area (Å²) in [5, 5.41) is 6.02. The Bertz CT molecular complexity index is 2490. The van der Waals surface area contributed by atoms with Crippen LogP contribution in [0.5, 0.6) is 29.0 Å². The van der Waals surface area contributed by atoms with E-state index in [2.05, 4.69) is 25.6 Å². The maximum absolute atomic E-state index is 13.9. The number of benzene rings is 2. The van der Waals surface area contributed by atoms with Crippen LogP contribution in [-0.2, 0) is 27.7 Å². The van der Waals surface area contributed by atoms with Gasteiger partial charge in [-0.15, -0.1) is 0 Å². The first-order valence-corrected chi connectivity index (χ1v) is 21.1. The maximum Gasteiger partial charge on any atom is 0.392 e. The first-order chi connectivity index (χ1) is 29.9. The van der Waals surface area contributed by atoms with Gasteiger partial charge in [-0.05, 0) is 42.5 Å². The minimum atomic E-state index is -4.41. The third-order valence-electron chi connectivity index (χ3n) is 10.4. The van der Waals surface area contributed by atoms with Crippen LogP contribution in [0.3, 0.4) is 0 Å². The molecular weight excluding hydrogens is 836 g/mol. The van der Waals surface area contributed by atoms with Crippen LogP contribution in [0, 0.1) is 0 Å². The van der Waals surface area contributed by atoms with E-state index in [4.69, 9.17) is 27.9 Å². The molecule has 6 heterocycles. The van der Waals surface area contributed by atoms with E-state index in [1.54, 1.807) is 36.4 Å². The Labute approximate surface area is 354 Å². The predicted octanol–water partition coefficient (Wildman–Crippen LogP) is 5.74. The van der Waals surface area contributed by atoms with Gasteiger partial charge in [0, 0.05) is 79.3 Å². The van der Waals surface area contributed by atoms with Crippen LogP contribution in [0.25, 0.3) is 0 Å². The second kappa shape index (κ2) is 18.3. The summed E-state index contributed by atoms with van der Waals surface area (Å²) in [6.07, 6.45) is 0.632. The molecule has 2 N–H and O–H groups in total. The normalized spacial score (nSPS) is 18.8. The molecule has 0 aliphatic carbocycles. The predicted molar refractivity (Wildman–Crippen MR) is 213 cm³/mol. The van der Waals surface area contributed by atoms with E-state index < -0.39 is 53.4 Å². The average molecular weight is 876 g/mol. The minimum Gasteiger partial charge on any atom is -0.491 e. The molecule has 0 radical (unpaired) electrons. The Balaban J connectivity index is 1.04. The topological polar surface area (TPSA) is 186 Å². The van der Waals surface area contributed by atoms with Gasteiger partial charge in [0.2, 0.25) is 11.8 Å². The molecule has 1 fully saturated rings. The Hall–Kier alpha value is -6.47. The third kappa shape index (κ3) is 10.2. The van der Waals surface area contributed by atoms with Crippen molar-refractivity contribution in [2.45, 2.75) is 67.5 Å². The highest BCUT2D eigenvalue weighted by Gasteiger charge is 2.38. The zero-order valence-electron chi connectivity index (χ0n) is 32.9. The fourth-order valence-electron chi connectivity index (χ4n) is 7.28. The average Bonchev–Trinajstić information content (AvgIpc) is 3.27. The number of pyridine rings is 3. The first kappa shape index (κ1) is 42.2. The first-order valence-electron chi connectivity index (χ1n) is 19.7. The van der Waals surface area contributed by atoms with Gasteiger partial charge in [0.25, 0.3) is 11.8 Å². The van der Waals surface area contributed by atoms with Gasteiger partial charge in [-0.3, -0.25) is 14.6 Å². The molecule has 3 atom stereocenters. The van der Waals surface area contributed by atoms with Crippen LogP contribution in [0.1, 0.15) is 62.8 Å². The molecule has 2 amide bonds. The number of amides is 2. The van der Waals surface area contributed by atoms with Gasteiger partial charge in [-0.2, -0.15) is 21.6 Å². The molecule has 15 nitrogen and oxygen atoms in total. The van der Waals surface area contributed by atoms with Crippen molar-refractivity contribution in [1.82, 2.24) is 25.6 Å². The lowest BCUT2D eigenvalue weighted by atomic mass is 9.87. The summed E-state index contributed by atoms with van der Waals surface area (Å²) in [6, 6.07) is 17.5. The SMILES string of the molecule is O=C(NC1COc2cccc(C3Oc4cccc(OS(=O)(=O)c5cccnc5)c4C[C@@H]3NC(=O)c3ccc(OCCC(F)(F)F)nc3)c2C1)c1ccc(OC2CCOCC2)nc1. The minimum absolute atomic E-state index is 0.00567. The van der Waals surface area contributed by atoms with Gasteiger partial charge in [0.1, 0.15) is 41.0 Å².